The molecule has 17 heavy (non-hydrogen) atoms. The third-order valence-corrected chi connectivity index (χ3v) is 2.82. The average molecular weight is 253 g/mol. The highest BCUT2D eigenvalue weighted by molar-refractivity contribution is 7.80. The number of ether oxygens (including phenoxy) is 1. The first kappa shape index (κ1) is 13.9. The summed E-state index contributed by atoms with van der Waals surface area (Å²) in [7, 11) is 1.69. The van der Waals surface area contributed by atoms with Crippen LogP contribution in [-0.2, 0) is 4.74 Å². The maximum atomic E-state index is 5.71. The minimum atomic E-state index is 0.230. The van der Waals surface area contributed by atoms with Crippen LogP contribution < -0.4 is 10.6 Å². The molecule has 0 saturated heterocycles. The average Bonchev–Trinajstić information content (AvgIpc) is 2.31. The zero-order valence-corrected chi connectivity index (χ0v) is 11.3. The van der Waals surface area contributed by atoms with Gasteiger partial charge in [0.05, 0.1) is 18.2 Å². The van der Waals surface area contributed by atoms with E-state index in [2.05, 4.69) is 23.7 Å². The fourth-order valence-corrected chi connectivity index (χ4v) is 1.98. The molecule has 2 N–H and O–H groups in total. The number of hydrogen-bond acceptors (Lipinski definition) is 4. The Labute approximate surface area is 108 Å². The molecule has 1 unspecified atom stereocenters. The molecule has 5 heteroatoms. The highest BCUT2D eigenvalue weighted by atomic mass is 32.1. The van der Waals surface area contributed by atoms with Gasteiger partial charge in [0.15, 0.2) is 0 Å². The minimum Gasteiger partial charge on any atom is -0.389 e. The van der Waals surface area contributed by atoms with Crippen LogP contribution >= 0.6 is 12.2 Å². The molecule has 0 spiro atoms. The van der Waals surface area contributed by atoms with E-state index in [4.69, 9.17) is 22.7 Å². The number of aromatic nitrogens is 1. The highest BCUT2D eigenvalue weighted by Crippen LogP contribution is 2.19. The molecule has 94 valence electrons. The summed E-state index contributed by atoms with van der Waals surface area (Å²) in [5.41, 5.74) is 6.53. The topological polar surface area (TPSA) is 51.4 Å². The Balaban J connectivity index is 3.06. The molecular formula is C12H19N3OS. The predicted octanol–water partition coefficient (Wildman–Crippen LogP) is 1.58. The molecule has 0 aliphatic rings. The number of rotatable bonds is 6. The molecule has 1 aromatic heterocycles. The van der Waals surface area contributed by atoms with E-state index in [1.54, 1.807) is 13.3 Å². The number of thiocarbonyl (C=S) groups is 1. The van der Waals surface area contributed by atoms with Gasteiger partial charge in [-0.25, -0.2) is 4.98 Å². The van der Waals surface area contributed by atoms with Gasteiger partial charge in [0.25, 0.3) is 0 Å². The summed E-state index contributed by atoms with van der Waals surface area (Å²) in [5.74, 6) is 0.826. The molecule has 0 aromatic carbocycles. The van der Waals surface area contributed by atoms with Crippen molar-refractivity contribution in [1.82, 2.24) is 4.98 Å². The van der Waals surface area contributed by atoms with Gasteiger partial charge in [0.1, 0.15) is 10.8 Å². The van der Waals surface area contributed by atoms with Gasteiger partial charge in [-0.2, -0.15) is 0 Å². The Morgan fingerprint density at radius 3 is 2.88 bits per heavy atom. The maximum absolute atomic E-state index is 5.71. The van der Waals surface area contributed by atoms with Crippen molar-refractivity contribution in [2.75, 3.05) is 25.2 Å². The molecule has 1 aromatic rings. The first-order valence-electron chi connectivity index (χ1n) is 5.62. The van der Waals surface area contributed by atoms with Crippen LogP contribution in [0.5, 0.6) is 0 Å². The lowest BCUT2D eigenvalue weighted by Crippen LogP contribution is -2.38. The van der Waals surface area contributed by atoms with E-state index >= 15 is 0 Å². The van der Waals surface area contributed by atoms with E-state index < -0.39 is 0 Å². The number of pyridine rings is 1. The lowest BCUT2D eigenvalue weighted by atomic mass is 10.2. The van der Waals surface area contributed by atoms with Crippen LogP contribution in [0.15, 0.2) is 18.3 Å². The van der Waals surface area contributed by atoms with Gasteiger partial charge < -0.3 is 15.4 Å². The summed E-state index contributed by atoms with van der Waals surface area (Å²) < 4.78 is 5.17. The van der Waals surface area contributed by atoms with Gasteiger partial charge in [0, 0.05) is 19.9 Å². The third kappa shape index (κ3) is 3.38. The third-order valence-electron chi connectivity index (χ3n) is 2.60. The standard InChI is InChI=1S/C12H19N3OS/c1-4-15(9(2)8-16-3)12-10(11(13)17)6-5-7-14-12/h5-7,9H,4,8H2,1-3H3,(H2,13,17). The first-order valence-corrected chi connectivity index (χ1v) is 6.03. The summed E-state index contributed by atoms with van der Waals surface area (Å²) in [4.78, 5) is 6.89. The smallest absolute Gasteiger partial charge is 0.139 e. The molecule has 0 amide bonds. The fourth-order valence-electron chi connectivity index (χ4n) is 1.82. The van der Waals surface area contributed by atoms with Crippen LogP contribution in [-0.4, -0.2) is 36.3 Å². The van der Waals surface area contributed by atoms with E-state index in [9.17, 15) is 0 Å². The molecule has 0 saturated carbocycles. The van der Waals surface area contributed by atoms with E-state index in [1.807, 2.05) is 12.1 Å². The largest absolute Gasteiger partial charge is 0.389 e. The second-order valence-corrected chi connectivity index (χ2v) is 4.27. The SMILES string of the molecule is CCN(c1ncccc1C(N)=S)C(C)COC. The summed E-state index contributed by atoms with van der Waals surface area (Å²) in [6, 6.07) is 3.97. The van der Waals surface area contributed by atoms with Crippen molar-refractivity contribution in [3.05, 3.63) is 23.9 Å². The molecule has 0 aliphatic carbocycles. The van der Waals surface area contributed by atoms with Crippen LogP contribution in [0, 0.1) is 0 Å². The second-order valence-electron chi connectivity index (χ2n) is 3.83. The zero-order valence-electron chi connectivity index (χ0n) is 10.5. The van der Waals surface area contributed by atoms with Crippen molar-refractivity contribution in [2.45, 2.75) is 19.9 Å². The van der Waals surface area contributed by atoms with E-state index in [0.29, 0.717) is 11.6 Å². The fraction of sp³-hybridized carbons (Fsp3) is 0.500. The molecular weight excluding hydrogens is 234 g/mol. The maximum Gasteiger partial charge on any atom is 0.139 e. The first-order chi connectivity index (χ1) is 8.11. The Bertz CT molecular complexity index is 384. The molecule has 4 nitrogen and oxygen atoms in total. The van der Waals surface area contributed by atoms with Crippen molar-refractivity contribution < 1.29 is 4.74 Å². The van der Waals surface area contributed by atoms with Crippen LogP contribution in [0.1, 0.15) is 19.4 Å². The van der Waals surface area contributed by atoms with Gasteiger partial charge >= 0.3 is 0 Å². The quantitative estimate of drug-likeness (QED) is 0.780. The van der Waals surface area contributed by atoms with Crippen LogP contribution in [0.2, 0.25) is 0 Å². The van der Waals surface area contributed by atoms with Crippen molar-refractivity contribution in [1.29, 1.82) is 0 Å². The Morgan fingerprint density at radius 2 is 2.35 bits per heavy atom. The Morgan fingerprint density at radius 1 is 1.65 bits per heavy atom. The summed E-state index contributed by atoms with van der Waals surface area (Å²) in [6.07, 6.45) is 1.75. The zero-order chi connectivity index (χ0) is 12.8. The normalized spacial score (nSPS) is 12.2. The summed E-state index contributed by atoms with van der Waals surface area (Å²) in [5, 5.41) is 0. The molecule has 0 aliphatic heterocycles. The molecule has 1 heterocycles. The van der Waals surface area contributed by atoms with Gasteiger partial charge in [-0.3, -0.25) is 0 Å². The number of nitrogens with two attached hydrogens (primary N) is 1. The van der Waals surface area contributed by atoms with Crippen LogP contribution in [0.3, 0.4) is 0 Å². The number of anilines is 1. The monoisotopic (exact) mass is 253 g/mol. The van der Waals surface area contributed by atoms with Gasteiger partial charge in [-0.15, -0.1) is 0 Å². The second kappa shape index (κ2) is 6.51. The molecule has 1 atom stereocenters. The number of likely N-dealkylation sites (N-methyl/N-ethyl adjacent to an activating group) is 1. The molecule has 1 rings (SSSR count). The number of nitrogens with zero attached hydrogens (tertiary/aromatic N) is 2. The summed E-state index contributed by atoms with van der Waals surface area (Å²) >= 11 is 5.05. The minimum absolute atomic E-state index is 0.230. The number of hydrogen-bond donors (Lipinski definition) is 1. The lowest BCUT2D eigenvalue weighted by Gasteiger charge is -2.30. The van der Waals surface area contributed by atoms with Gasteiger partial charge in [-0.1, -0.05) is 12.2 Å². The van der Waals surface area contributed by atoms with Crippen LogP contribution in [0.4, 0.5) is 5.82 Å². The van der Waals surface area contributed by atoms with Crippen molar-refractivity contribution in [3.63, 3.8) is 0 Å². The van der Waals surface area contributed by atoms with E-state index in [0.717, 1.165) is 17.9 Å². The lowest BCUT2D eigenvalue weighted by molar-refractivity contribution is 0.181. The molecule has 0 radical (unpaired) electrons. The van der Waals surface area contributed by atoms with E-state index in [-0.39, 0.29) is 6.04 Å². The molecule has 0 bridgehead atoms. The highest BCUT2D eigenvalue weighted by Gasteiger charge is 2.17. The van der Waals surface area contributed by atoms with Gasteiger partial charge in [0.2, 0.25) is 0 Å². The number of methoxy groups -OCH3 is 1. The van der Waals surface area contributed by atoms with E-state index in [1.165, 1.54) is 0 Å². The van der Waals surface area contributed by atoms with Crippen molar-refractivity contribution in [2.24, 2.45) is 5.73 Å². The van der Waals surface area contributed by atoms with Gasteiger partial charge in [-0.05, 0) is 26.0 Å². The molecule has 0 fully saturated rings. The van der Waals surface area contributed by atoms with Crippen molar-refractivity contribution in [3.8, 4) is 0 Å². The predicted molar refractivity (Wildman–Crippen MR) is 74.5 cm³/mol. The van der Waals surface area contributed by atoms with Crippen molar-refractivity contribution >= 4 is 23.0 Å². The Hall–Kier alpha value is -1.20. The Kier molecular flexibility index (Phi) is 5.31. The van der Waals surface area contributed by atoms with Crippen LogP contribution in [0.25, 0.3) is 0 Å². The summed E-state index contributed by atoms with van der Waals surface area (Å²) in [6.45, 7) is 5.63.